The zero-order valence-electron chi connectivity index (χ0n) is 9.65. The van der Waals surface area contributed by atoms with Crippen molar-refractivity contribution in [1.29, 1.82) is 0 Å². The van der Waals surface area contributed by atoms with E-state index in [1.165, 1.54) is 16.9 Å². The van der Waals surface area contributed by atoms with E-state index >= 15 is 0 Å². The number of carbonyl (C=O) groups is 1. The van der Waals surface area contributed by atoms with Crippen molar-refractivity contribution in [2.45, 2.75) is 13.8 Å². The summed E-state index contributed by atoms with van der Waals surface area (Å²) >= 11 is 1.22. The van der Waals surface area contributed by atoms with Crippen LogP contribution in [0.15, 0.2) is 24.3 Å². The van der Waals surface area contributed by atoms with Gasteiger partial charge in [-0.3, -0.25) is 0 Å². The van der Waals surface area contributed by atoms with Gasteiger partial charge in [0.25, 0.3) is 0 Å². The molecule has 0 aliphatic rings. The van der Waals surface area contributed by atoms with Gasteiger partial charge in [-0.1, -0.05) is 18.2 Å². The van der Waals surface area contributed by atoms with Crippen molar-refractivity contribution in [3.05, 3.63) is 40.3 Å². The van der Waals surface area contributed by atoms with Crippen LogP contribution in [0.5, 0.6) is 0 Å². The van der Waals surface area contributed by atoms with Gasteiger partial charge in [0.1, 0.15) is 4.88 Å². The average molecular weight is 247 g/mol. The molecule has 0 unspecified atom stereocenters. The van der Waals surface area contributed by atoms with Gasteiger partial charge in [-0.15, -0.1) is 11.3 Å². The molecule has 1 aromatic carbocycles. The highest BCUT2D eigenvalue weighted by atomic mass is 32.1. The van der Waals surface area contributed by atoms with Crippen LogP contribution in [0.4, 0.5) is 5.69 Å². The van der Waals surface area contributed by atoms with Crippen molar-refractivity contribution in [1.82, 2.24) is 0 Å². The maximum atomic E-state index is 10.9. The van der Waals surface area contributed by atoms with Gasteiger partial charge in [-0.2, -0.15) is 0 Å². The second-order valence-corrected chi connectivity index (χ2v) is 5.00. The van der Waals surface area contributed by atoms with E-state index in [-0.39, 0.29) is 4.88 Å². The van der Waals surface area contributed by atoms with Crippen molar-refractivity contribution in [3.8, 4) is 10.4 Å². The minimum atomic E-state index is -0.968. The molecule has 1 aromatic heterocycles. The fraction of sp³-hybridized carbons (Fsp3) is 0.154. The van der Waals surface area contributed by atoms with Gasteiger partial charge in [-0.25, -0.2) is 4.79 Å². The third-order valence-electron chi connectivity index (χ3n) is 2.83. The Balaban J connectivity index is 2.58. The molecule has 0 amide bonds. The van der Waals surface area contributed by atoms with E-state index in [1.54, 1.807) is 6.07 Å². The van der Waals surface area contributed by atoms with Crippen molar-refractivity contribution >= 4 is 23.0 Å². The Morgan fingerprint density at radius 3 is 2.65 bits per heavy atom. The Hall–Kier alpha value is -1.81. The molecule has 2 rings (SSSR count). The highest BCUT2D eigenvalue weighted by molar-refractivity contribution is 7.18. The first-order chi connectivity index (χ1) is 8.00. The van der Waals surface area contributed by atoms with E-state index < -0.39 is 5.97 Å². The molecule has 0 radical (unpaired) electrons. The average Bonchev–Trinajstić information content (AvgIpc) is 2.64. The molecule has 0 saturated heterocycles. The number of nitrogen functional groups attached to an aromatic ring is 1. The summed E-state index contributed by atoms with van der Waals surface area (Å²) in [5.74, 6) is -0.968. The van der Waals surface area contributed by atoms with Crippen molar-refractivity contribution in [3.63, 3.8) is 0 Å². The molecule has 0 aliphatic carbocycles. The molecular weight excluding hydrogens is 234 g/mol. The SMILES string of the molecule is Cc1cccc(-c2cc(N)c(C(=O)O)s2)c1C. The molecule has 0 spiro atoms. The number of carboxylic acids is 1. The first-order valence-corrected chi connectivity index (χ1v) is 6.01. The smallest absolute Gasteiger partial charge is 0.348 e. The van der Waals surface area contributed by atoms with Crippen molar-refractivity contribution < 1.29 is 9.90 Å². The van der Waals surface area contributed by atoms with E-state index in [9.17, 15) is 4.79 Å². The monoisotopic (exact) mass is 247 g/mol. The number of benzene rings is 1. The van der Waals surface area contributed by atoms with Gasteiger partial charge in [0.15, 0.2) is 0 Å². The normalized spacial score (nSPS) is 10.5. The Morgan fingerprint density at radius 2 is 2.06 bits per heavy atom. The molecule has 1 heterocycles. The minimum absolute atomic E-state index is 0.209. The largest absolute Gasteiger partial charge is 0.477 e. The number of rotatable bonds is 2. The second kappa shape index (κ2) is 4.22. The van der Waals surface area contributed by atoms with Crippen molar-refractivity contribution in [2.24, 2.45) is 0 Å². The Kier molecular flexibility index (Phi) is 2.90. The van der Waals surface area contributed by atoms with E-state index in [1.807, 2.05) is 32.0 Å². The Bertz CT molecular complexity index is 587. The van der Waals surface area contributed by atoms with Crippen LogP contribution < -0.4 is 5.73 Å². The van der Waals surface area contributed by atoms with E-state index in [4.69, 9.17) is 10.8 Å². The molecule has 3 N–H and O–H groups in total. The minimum Gasteiger partial charge on any atom is -0.477 e. The maximum absolute atomic E-state index is 10.9. The molecule has 2 aromatic rings. The molecule has 0 bridgehead atoms. The second-order valence-electron chi connectivity index (χ2n) is 3.95. The summed E-state index contributed by atoms with van der Waals surface area (Å²) in [6.45, 7) is 4.06. The molecule has 0 fully saturated rings. The predicted molar refractivity (Wildman–Crippen MR) is 70.6 cm³/mol. The molecular formula is C13H13NO2S. The van der Waals surface area contributed by atoms with Crippen molar-refractivity contribution in [2.75, 3.05) is 5.73 Å². The third kappa shape index (κ3) is 2.03. The third-order valence-corrected chi connectivity index (χ3v) is 4.00. The summed E-state index contributed by atoms with van der Waals surface area (Å²) < 4.78 is 0. The number of thiophene rings is 1. The highest BCUT2D eigenvalue weighted by Crippen LogP contribution is 2.35. The number of nitrogens with two attached hydrogens (primary N) is 1. The van der Waals surface area contributed by atoms with Crippen LogP contribution in [-0.2, 0) is 0 Å². The lowest BCUT2D eigenvalue weighted by Crippen LogP contribution is -1.96. The maximum Gasteiger partial charge on any atom is 0.348 e. The molecule has 3 nitrogen and oxygen atoms in total. The summed E-state index contributed by atoms with van der Waals surface area (Å²) in [7, 11) is 0. The standard InChI is InChI=1S/C13H13NO2S/c1-7-4-3-5-9(8(7)2)11-6-10(14)12(17-11)13(15)16/h3-6H,14H2,1-2H3,(H,15,16). The van der Waals surface area contributed by atoms with E-state index in [0.29, 0.717) is 5.69 Å². The lowest BCUT2D eigenvalue weighted by molar-refractivity contribution is 0.0703. The molecule has 0 aliphatic heterocycles. The van der Waals surface area contributed by atoms with E-state index in [0.717, 1.165) is 16.0 Å². The number of carboxylic acid groups (broad SMARTS) is 1. The number of anilines is 1. The zero-order chi connectivity index (χ0) is 12.6. The quantitative estimate of drug-likeness (QED) is 0.855. The molecule has 0 saturated carbocycles. The lowest BCUT2D eigenvalue weighted by atomic mass is 10.0. The summed E-state index contributed by atoms with van der Waals surface area (Å²) in [5.41, 5.74) is 9.42. The fourth-order valence-corrected chi connectivity index (χ4v) is 2.72. The van der Waals surface area contributed by atoms with Crippen LogP contribution in [0, 0.1) is 13.8 Å². The topological polar surface area (TPSA) is 63.3 Å². The van der Waals surface area contributed by atoms with Crippen LogP contribution >= 0.6 is 11.3 Å². The van der Waals surface area contributed by atoms with Crippen LogP contribution in [-0.4, -0.2) is 11.1 Å². The first kappa shape index (κ1) is 11.7. The summed E-state index contributed by atoms with van der Waals surface area (Å²) in [5, 5.41) is 8.98. The lowest BCUT2D eigenvalue weighted by Gasteiger charge is -2.05. The van der Waals surface area contributed by atoms with E-state index in [2.05, 4.69) is 0 Å². The Labute approximate surface area is 104 Å². The summed E-state index contributed by atoms with van der Waals surface area (Å²) in [4.78, 5) is 12.1. The fourth-order valence-electron chi connectivity index (χ4n) is 1.72. The van der Waals surface area contributed by atoms with Gasteiger partial charge in [0.05, 0.1) is 5.69 Å². The first-order valence-electron chi connectivity index (χ1n) is 5.20. The van der Waals surface area contributed by atoms with Crippen LogP contribution in [0.1, 0.15) is 20.8 Å². The van der Waals surface area contributed by atoms with Gasteiger partial charge in [0.2, 0.25) is 0 Å². The van der Waals surface area contributed by atoms with Gasteiger partial charge in [-0.05, 0) is 36.6 Å². The molecule has 4 heteroatoms. The Morgan fingerprint density at radius 1 is 1.35 bits per heavy atom. The number of hydrogen-bond donors (Lipinski definition) is 2. The molecule has 0 atom stereocenters. The predicted octanol–water partition coefficient (Wildman–Crippen LogP) is 3.31. The molecule has 17 heavy (non-hydrogen) atoms. The van der Waals surface area contributed by atoms with Crippen LogP contribution in [0.3, 0.4) is 0 Å². The van der Waals surface area contributed by atoms with Gasteiger partial charge in [0, 0.05) is 4.88 Å². The highest BCUT2D eigenvalue weighted by Gasteiger charge is 2.15. The van der Waals surface area contributed by atoms with Gasteiger partial charge < -0.3 is 10.8 Å². The summed E-state index contributed by atoms with van der Waals surface area (Å²) in [6.07, 6.45) is 0. The number of aryl methyl sites for hydroxylation is 1. The van der Waals surface area contributed by atoms with Gasteiger partial charge >= 0.3 is 5.97 Å². The van der Waals surface area contributed by atoms with Crippen LogP contribution in [0.25, 0.3) is 10.4 Å². The van der Waals surface area contributed by atoms with Crippen LogP contribution in [0.2, 0.25) is 0 Å². The summed E-state index contributed by atoms with van der Waals surface area (Å²) in [6, 6.07) is 7.72. The molecule has 88 valence electrons. The number of hydrogen-bond acceptors (Lipinski definition) is 3. The number of aromatic carboxylic acids is 1. The zero-order valence-corrected chi connectivity index (χ0v) is 10.5.